The number of hydrogen-bond acceptors (Lipinski definition) is 5. The molecule has 0 atom stereocenters. The molecule has 0 unspecified atom stereocenters. The first-order valence-electron chi connectivity index (χ1n) is 6.61. The Morgan fingerprint density at radius 1 is 0.909 bits per heavy atom. The van der Waals surface area contributed by atoms with E-state index in [2.05, 4.69) is 0 Å². The van der Waals surface area contributed by atoms with Gasteiger partial charge in [-0.2, -0.15) is 0 Å². The van der Waals surface area contributed by atoms with Gasteiger partial charge in [0.25, 0.3) is 0 Å². The van der Waals surface area contributed by atoms with Crippen LogP contribution in [0.1, 0.15) is 22.8 Å². The van der Waals surface area contributed by atoms with E-state index in [4.69, 9.17) is 14.2 Å². The molecule has 0 radical (unpaired) electrons. The van der Waals surface area contributed by atoms with E-state index >= 15 is 0 Å². The molecule has 0 aliphatic carbocycles. The average Bonchev–Trinajstić information content (AvgIpc) is 2.53. The Bertz CT molecular complexity index is 689. The smallest absolute Gasteiger partial charge is 0.308 e. The molecule has 5 nitrogen and oxygen atoms in total. The second kappa shape index (κ2) is 6.76. The summed E-state index contributed by atoms with van der Waals surface area (Å²) in [5.74, 6) is 0.657. The minimum Gasteiger partial charge on any atom is -0.493 e. The van der Waals surface area contributed by atoms with Crippen LogP contribution in [0.3, 0.4) is 0 Å². The van der Waals surface area contributed by atoms with Gasteiger partial charge in [0.2, 0.25) is 0 Å². The molecule has 0 saturated heterocycles. The normalized spacial score (nSPS) is 9.95. The van der Waals surface area contributed by atoms with Gasteiger partial charge < -0.3 is 14.2 Å². The molecular formula is C17H16O5. The number of ketones is 1. The van der Waals surface area contributed by atoms with E-state index in [9.17, 15) is 9.59 Å². The number of ether oxygens (including phenoxy) is 3. The van der Waals surface area contributed by atoms with Crippen LogP contribution in [0.2, 0.25) is 0 Å². The minimum atomic E-state index is -0.409. The van der Waals surface area contributed by atoms with Crippen molar-refractivity contribution in [2.75, 3.05) is 14.2 Å². The van der Waals surface area contributed by atoms with Crippen molar-refractivity contribution in [3.63, 3.8) is 0 Å². The summed E-state index contributed by atoms with van der Waals surface area (Å²) in [5, 5.41) is 0. The molecule has 0 saturated carbocycles. The highest BCUT2D eigenvalue weighted by Gasteiger charge is 2.18. The molecule has 0 aromatic heterocycles. The van der Waals surface area contributed by atoms with Crippen molar-refractivity contribution < 1.29 is 23.8 Å². The van der Waals surface area contributed by atoms with E-state index in [-0.39, 0.29) is 5.78 Å². The zero-order chi connectivity index (χ0) is 16.1. The molecule has 5 heteroatoms. The predicted molar refractivity (Wildman–Crippen MR) is 80.7 cm³/mol. The van der Waals surface area contributed by atoms with Crippen LogP contribution >= 0.6 is 0 Å². The van der Waals surface area contributed by atoms with Gasteiger partial charge in [-0.3, -0.25) is 9.59 Å². The van der Waals surface area contributed by atoms with Crippen molar-refractivity contribution >= 4 is 11.8 Å². The monoisotopic (exact) mass is 300 g/mol. The van der Waals surface area contributed by atoms with Crippen molar-refractivity contribution in [1.29, 1.82) is 0 Å². The lowest BCUT2D eigenvalue weighted by Gasteiger charge is -2.12. The van der Waals surface area contributed by atoms with Crippen LogP contribution in [-0.4, -0.2) is 26.0 Å². The number of esters is 1. The lowest BCUT2D eigenvalue weighted by atomic mass is 10.0. The summed E-state index contributed by atoms with van der Waals surface area (Å²) in [7, 11) is 3.00. The first kappa shape index (κ1) is 15.6. The van der Waals surface area contributed by atoms with E-state index in [1.54, 1.807) is 42.5 Å². The van der Waals surface area contributed by atoms with Gasteiger partial charge in [-0.05, 0) is 36.4 Å². The molecule has 114 valence electrons. The SMILES string of the molecule is COc1cccc(C(=O)c2ccc(OC(C)=O)cc2)c1OC. The zero-order valence-electron chi connectivity index (χ0n) is 12.6. The van der Waals surface area contributed by atoms with Crippen molar-refractivity contribution in [2.45, 2.75) is 6.92 Å². The van der Waals surface area contributed by atoms with E-state index in [0.29, 0.717) is 28.4 Å². The minimum absolute atomic E-state index is 0.204. The molecule has 0 spiro atoms. The van der Waals surface area contributed by atoms with E-state index in [1.807, 2.05) is 0 Å². The van der Waals surface area contributed by atoms with Crippen LogP contribution in [0, 0.1) is 0 Å². The molecule has 0 bridgehead atoms. The maximum atomic E-state index is 12.6. The number of rotatable bonds is 5. The van der Waals surface area contributed by atoms with Gasteiger partial charge in [-0.15, -0.1) is 0 Å². The summed E-state index contributed by atoms with van der Waals surface area (Å²) in [6, 6.07) is 11.5. The van der Waals surface area contributed by atoms with Gasteiger partial charge in [0.15, 0.2) is 17.3 Å². The van der Waals surface area contributed by atoms with Gasteiger partial charge in [0, 0.05) is 12.5 Å². The second-order valence-corrected chi connectivity index (χ2v) is 4.49. The molecular weight excluding hydrogens is 284 g/mol. The van der Waals surface area contributed by atoms with Crippen LogP contribution in [0.4, 0.5) is 0 Å². The largest absolute Gasteiger partial charge is 0.493 e. The van der Waals surface area contributed by atoms with Crippen LogP contribution in [0.25, 0.3) is 0 Å². The van der Waals surface area contributed by atoms with Crippen molar-refractivity contribution in [2.24, 2.45) is 0 Å². The van der Waals surface area contributed by atoms with Crippen LogP contribution in [0.5, 0.6) is 17.2 Å². The molecule has 0 aliphatic rings. The maximum Gasteiger partial charge on any atom is 0.308 e. The van der Waals surface area contributed by atoms with E-state index in [1.165, 1.54) is 21.1 Å². The third-order valence-electron chi connectivity index (χ3n) is 3.03. The molecule has 0 aliphatic heterocycles. The Balaban J connectivity index is 2.34. The van der Waals surface area contributed by atoms with E-state index < -0.39 is 5.97 Å². The van der Waals surface area contributed by atoms with Crippen molar-refractivity contribution in [3.8, 4) is 17.2 Å². The van der Waals surface area contributed by atoms with Crippen LogP contribution < -0.4 is 14.2 Å². The first-order valence-corrected chi connectivity index (χ1v) is 6.61. The fourth-order valence-corrected chi connectivity index (χ4v) is 2.06. The van der Waals surface area contributed by atoms with E-state index in [0.717, 1.165) is 0 Å². The average molecular weight is 300 g/mol. The first-order chi connectivity index (χ1) is 10.6. The quantitative estimate of drug-likeness (QED) is 0.483. The number of methoxy groups -OCH3 is 2. The number of carbonyl (C=O) groups excluding carboxylic acids is 2. The summed E-state index contributed by atoms with van der Waals surface area (Å²) in [4.78, 5) is 23.5. The van der Waals surface area contributed by atoms with Crippen LogP contribution in [0.15, 0.2) is 42.5 Å². The molecule has 0 heterocycles. The number of para-hydroxylation sites is 1. The Hall–Kier alpha value is -2.82. The van der Waals surface area contributed by atoms with Gasteiger partial charge in [0.05, 0.1) is 19.8 Å². The Morgan fingerprint density at radius 3 is 2.14 bits per heavy atom. The highest BCUT2D eigenvalue weighted by Crippen LogP contribution is 2.32. The van der Waals surface area contributed by atoms with Gasteiger partial charge in [0.1, 0.15) is 5.75 Å². The highest BCUT2D eigenvalue weighted by molar-refractivity contribution is 6.11. The third kappa shape index (κ3) is 3.25. The Labute approximate surface area is 128 Å². The summed E-state index contributed by atoms with van der Waals surface area (Å²) in [6.45, 7) is 1.32. The number of carbonyl (C=O) groups is 2. The molecule has 0 amide bonds. The van der Waals surface area contributed by atoms with Gasteiger partial charge >= 0.3 is 5.97 Å². The highest BCUT2D eigenvalue weighted by atomic mass is 16.5. The van der Waals surface area contributed by atoms with Gasteiger partial charge in [-0.25, -0.2) is 0 Å². The maximum absolute atomic E-state index is 12.6. The fraction of sp³-hybridized carbons (Fsp3) is 0.176. The standard InChI is InChI=1S/C17H16O5/c1-11(18)22-13-9-7-12(8-10-13)16(19)14-5-4-6-15(20-2)17(14)21-3/h4-10H,1-3H3. The topological polar surface area (TPSA) is 61.8 Å². The predicted octanol–water partition coefficient (Wildman–Crippen LogP) is 2.86. The van der Waals surface area contributed by atoms with Gasteiger partial charge in [-0.1, -0.05) is 6.07 Å². The summed E-state index contributed by atoms with van der Waals surface area (Å²) < 4.78 is 15.4. The van der Waals surface area contributed by atoms with Crippen molar-refractivity contribution in [3.05, 3.63) is 53.6 Å². The van der Waals surface area contributed by atoms with Crippen molar-refractivity contribution in [1.82, 2.24) is 0 Å². The molecule has 0 N–H and O–H groups in total. The molecule has 22 heavy (non-hydrogen) atoms. The lowest BCUT2D eigenvalue weighted by Crippen LogP contribution is -2.06. The number of benzene rings is 2. The summed E-state index contributed by atoms with van der Waals surface area (Å²) >= 11 is 0. The zero-order valence-corrected chi connectivity index (χ0v) is 12.6. The Morgan fingerprint density at radius 2 is 1.59 bits per heavy atom. The van der Waals surface area contributed by atoms with Crippen LogP contribution in [-0.2, 0) is 4.79 Å². The lowest BCUT2D eigenvalue weighted by molar-refractivity contribution is -0.131. The Kier molecular flexibility index (Phi) is 4.78. The molecule has 2 aromatic carbocycles. The molecule has 2 rings (SSSR count). The molecule has 2 aromatic rings. The summed E-state index contributed by atoms with van der Waals surface area (Å²) in [5.41, 5.74) is 0.865. The third-order valence-corrected chi connectivity index (χ3v) is 3.03. The second-order valence-electron chi connectivity index (χ2n) is 4.49. The molecule has 0 fully saturated rings. The summed E-state index contributed by atoms with van der Waals surface area (Å²) in [6.07, 6.45) is 0. The fourth-order valence-electron chi connectivity index (χ4n) is 2.06. The number of hydrogen-bond donors (Lipinski definition) is 0.